The Labute approximate surface area is 122 Å². The summed E-state index contributed by atoms with van der Waals surface area (Å²) in [4.78, 5) is 13.8. The van der Waals surface area contributed by atoms with Crippen LogP contribution in [0.25, 0.3) is 0 Å². The fourth-order valence-corrected chi connectivity index (χ4v) is 2.21. The number of rotatable bonds is 7. The van der Waals surface area contributed by atoms with Crippen LogP contribution in [0.3, 0.4) is 0 Å². The zero-order chi connectivity index (χ0) is 15.1. The molecule has 0 heterocycles. The SMILES string of the molecule is Cc1cc(C)c(OCC(=O)NCCCN(C)C)c(C)c1. The molecule has 0 radical (unpaired) electrons. The molecule has 0 aliphatic heterocycles. The highest BCUT2D eigenvalue weighted by atomic mass is 16.5. The average Bonchev–Trinajstić information content (AvgIpc) is 2.33. The molecule has 0 bridgehead atoms. The van der Waals surface area contributed by atoms with Gasteiger partial charge in [-0.3, -0.25) is 4.79 Å². The summed E-state index contributed by atoms with van der Waals surface area (Å²) in [6.45, 7) is 7.80. The molecule has 0 spiro atoms. The van der Waals surface area contributed by atoms with Crippen molar-refractivity contribution in [3.63, 3.8) is 0 Å². The average molecular weight is 278 g/mol. The molecule has 0 fully saturated rings. The minimum Gasteiger partial charge on any atom is -0.483 e. The zero-order valence-corrected chi connectivity index (χ0v) is 13.2. The van der Waals surface area contributed by atoms with E-state index in [1.54, 1.807) is 0 Å². The van der Waals surface area contributed by atoms with Gasteiger partial charge in [0.05, 0.1) is 0 Å². The Kier molecular flexibility index (Phi) is 6.52. The van der Waals surface area contributed by atoms with Gasteiger partial charge in [0.15, 0.2) is 6.61 Å². The van der Waals surface area contributed by atoms with Gasteiger partial charge in [-0.2, -0.15) is 0 Å². The maximum atomic E-state index is 11.7. The highest BCUT2D eigenvalue weighted by Crippen LogP contribution is 2.24. The van der Waals surface area contributed by atoms with Gasteiger partial charge in [0.2, 0.25) is 0 Å². The van der Waals surface area contributed by atoms with Gasteiger partial charge in [-0.1, -0.05) is 17.7 Å². The van der Waals surface area contributed by atoms with Gasteiger partial charge in [-0.15, -0.1) is 0 Å². The quantitative estimate of drug-likeness (QED) is 0.776. The largest absolute Gasteiger partial charge is 0.483 e. The first kappa shape index (κ1) is 16.5. The monoisotopic (exact) mass is 278 g/mol. The number of amides is 1. The number of hydrogen-bond donors (Lipinski definition) is 1. The van der Waals surface area contributed by atoms with Gasteiger partial charge in [-0.05, 0) is 59.0 Å². The van der Waals surface area contributed by atoms with Crippen LogP contribution in [0, 0.1) is 20.8 Å². The predicted octanol–water partition coefficient (Wildman–Crippen LogP) is 2.06. The summed E-state index contributed by atoms with van der Waals surface area (Å²) in [7, 11) is 4.04. The molecule has 0 saturated carbocycles. The molecular weight excluding hydrogens is 252 g/mol. The first-order chi connectivity index (χ1) is 9.40. The van der Waals surface area contributed by atoms with Crippen LogP contribution in [0.2, 0.25) is 0 Å². The Morgan fingerprint density at radius 1 is 1.20 bits per heavy atom. The zero-order valence-electron chi connectivity index (χ0n) is 13.2. The van der Waals surface area contributed by atoms with Crippen molar-refractivity contribution in [3.05, 3.63) is 28.8 Å². The van der Waals surface area contributed by atoms with E-state index in [1.807, 2.05) is 27.9 Å². The second kappa shape index (κ2) is 7.90. The van der Waals surface area contributed by atoms with E-state index in [9.17, 15) is 4.79 Å². The van der Waals surface area contributed by atoms with Crippen LogP contribution in [0.4, 0.5) is 0 Å². The number of benzene rings is 1. The van der Waals surface area contributed by atoms with Crippen LogP contribution in [0.5, 0.6) is 5.75 Å². The molecule has 0 saturated heterocycles. The molecule has 1 aromatic rings. The van der Waals surface area contributed by atoms with Crippen LogP contribution in [-0.4, -0.2) is 44.6 Å². The van der Waals surface area contributed by atoms with Crippen molar-refractivity contribution in [1.29, 1.82) is 0 Å². The first-order valence-electron chi connectivity index (χ1n) is 7.02. The molecule has 1 rings (SSSR count). The van der Waals surface area contributed by atoms with Crippen LogP contribution >= 0.6 is 0 Å². The lowest BCUT2D eigenvalue weighted by Crippen LogP contribution is -2.31. The number of carbonyl (C=O) groups is 1. The van der Waals surface area contributed by atoms with Crippen LogP contribution in [0.15, 0.2) is 12.1 Å². The molecule has 0 aliphatic carbocycles. The molecule has 0 aliphatic rings. The third-order valence-corrected chi connectivity index (χ3v) is 3.06. The summed E-state index contributed by atoms with van der Waals surface area (Å²) in [5.41, 5.74) is 3.35. The van der Waals surface area contributed by atoms with Crippen LogP contribution in [0.1, 0.15) is 23.1 Å². The lowest BCUT2D eigenvalue weighted by Gasteiger charge is -2.13. The van der Waals surface area contributed by atoms with Gasteiger partial charge >= 0.3 is 0 Å². The normalized spacial score (nSPS) is 10.7. The van der Waals surface area contributed by atoms with E-state index in [2.05, 4.69) is 29.3 Å². The molecule has 4 heteroatoms. The Morgan fingerprint density at radius 2 is 1.80 bits per heavy atom. The topological polar surface area (TPSA) is 41.6 Å². The molecule has 20 heavy (non-hydrogen) atoms. The molecule has 0 aromatic heterocycles. The summed E-state index contributed by atoms with van der Waals surface area (Å²) in [6.07, 6.45) is 0.946. The van der Waals surface area contributed by atoms with E-state index in [1.165, 1.54) is 5.56 Å². The highest BCUT2D eigenvalue weighted by Gasteiger charge is 2.08. The smallest absolute Gasteiger partial charge is 0.257 e. The van der Waals surface area contributed by atoms with Gasteiger partial charge in [0.25, 0.3) is 5.91 Å². The van der Waals surface area contributed by atoms with Crippen molar-refractivity contribution in [2.75, 3.05) is 33.8 Å². The van der Waals surface area contributed by atoms with E-state index in [0.717, 1.165) is 29.8 Å². The molecule has 1 aromatic carbocycles. The summed E-state index contributed by atoms with van der Waals surface area (Å²) < 4.78 is 5.64. The summed E-state index contributed by atoms with van der Waals surface area (Å²) in [5.74, 6) is 0.752. The predicted molar refractivity (Wildman–Crippen MR) is 82.3 cm³/mol. The third kappa shape index (κ3) is 5.61. The number of carbonyl (C=O) groups excluding carboxylic acids is 1. The first-order valence-corrected chi connectivity index (χ1v) is 7.02. The van der Waals surface area contributed by atoms with Crippen molar-refractivity contribution in [1.82, 2.24) is 10.2 Å². The lowest BCUT2D eigenvalue weighted by molar-refractivity contribution is -0.123. The molecule has 112 valence electrons. The number of nitrogens with zero attached hydrogens (tertiary/aromatic N) is 1. The van der Waals surface area contributed by atoms with E-state index in [-0.39, 0.29) is 12.5 Å². The van der Waals surface area contributed by atoms with Gasteiger partial charge < -0.3 is 15.0 Å². The Bertz CT molecular complexity index is 433. The van der Waals surface area contributed by atoms with Crippen LogP contribution in [-0.2, 0) is 4.79 Å². The number of hydrogen-bond acceptors (Lipinski definition) is 3. The Morgan fingerprint density at radius 3 is 2.35 bits per heavy atom. The number of aryl methyl sites for hydroxylation is 3. The van der Waals surface area contributed by atoms with Gasteiger partial charge in [0.1, 0.15) is 5.75 Å². The molecular formula is C16H26N2O2. The van der Waals surface area contributed by atoms with Gasteiger partial charge in [-0.25, -0.2) is 0 Å². The lowest BCUT2D eigenvalue weighted by atomic mass is 10.1. The van der Waals surface area contributed by atoms with E-state index in [4.69, 9.17) is 4.74 Å². The molecule has 1 N–H and O–H groups in total. The second-order valence-corrected chi connectivity index (χ2v) is 5.52. The number of nitrogens with one attached hydrogen (secondary N) is 1. The van der Waals surface area contributed by atoms with E-state index in [0.29, 0.717) is 6.54 Å². The van der Waals surface area contributed by atoms with Crippen molar-refractivity contribution in [2.24, 2.45) is 0 Å². The van der Waals surface area contributed by atoms with Crippen molar-refractivity contribution >= 4 is 5.91 Å². The summed E-state index contributed by atoms with van der Waals surface area (Å²) in [5, 5.41) is 2.87. The maximum Gasteiger partial charge on any atom is 0.257 e. The van der Waals surface area contributed by atoms with Crippen molar-refractivity contribution in [2.45, 2.75) is 27.2 Å². The molecule has 0 unspecified atom stereocenters. The Hall–Kier alpha value is -1.55. The second-order valence-electron chi connectivity index (χ2n) is 5.52. The minimum absolute atomic E-state index is 0.0665. The standard InChI is InChI=1S/C16H26N2O2/c1-12-9-13(2)16(14(3)10-12)20-11-15(19)17-7-6-8-18(4)5/h9-10H,6-8,11H2,1-5H3,(H,17,19). The Balaban J connectivity index is 2.38. The fourth-order valence-electron chi connectivity index (χ4n) is 2.21. The molecule has 4 nitrogen and oxygen atoms in total. The maximum absolute atomic E-state index is 11.7. The van der Waals surface area contributed by atoms with Gasteiger partial charge in [0, 0.05) is 6.54 Å². The van der Waals surface area contributed by atoms with E-state index < -0.39 is 0 Å². The minimum atomic E-state index is -0.0665. The van der Waals surface area contributed by atoms with E-state index >= 15 is 0 Å². The molecule has 0 atom stereocenters. The summed E-state index contributed by atoms with van der Waals surface area (Å²) >= 11 is 0. The van der Waals surface area contributed by atoms with Crippen molar-refractivity contribution < 1.29 is 9.53 Å². The fraction of sp³-hybridized carbons (Fsp3) is 0.562. The van der Waals surface area contributed by atoms with Crippen molar-refractivity contribution in [3.8, 4) is 5.75 Å². The highest BCUT2D eigenvalue weighted by molar-refractivity contribution is 5.77. The molecule has 1 amide bonds. The van der Waals surface area contributed by atoms with Crippen LogP contribution < -0.4 is 10.1 Å². The summed E-state index contributed by atoms with van der Waals surface area (Å²) in [6, 6.07) is 4.13. The third-order valence-electron chi connectivity index (χ3n) is 3.06. The number of ether oxygens (including phenoxy) is 1.